The molecular weight excluding hydrogens is 262 g/mol. The minimum Gasteiger partial charge on any atom is -0.465 e. The predicted molar refractivity (Wildman–Crippen MR) is 85.8 cm³/mol. The molecular formula is C18H21NO2. The molecule has 2 rings (SSSR count). The second-order valence-electron chi connectivity index (χ2n) is 5.04. The number of carbonyl (C=O) groups excluding carboxylic acids is 1. The Morgan fingerprint density at radius 3 is 2.57 bits per heavy atom. The summed E-state index contributed by atoms with van der Waals surface area (Å²) < 4.78 is 4.72. The maximum atomic E-state index is 11.5. The monoisotopic (exact) mass is 283 g/mol. The summed E-state index contributed by atoms with van der Waals surface area (Å²) in [6, 6.07) is 16.0. The van der Waals surface area contributed by atoms with Crippen LogP contribution in [-0.2, 0) is 11.2 Å². The van der Waals surface area contributed by atoms with Gasteiger partial charge in [-0.1, -0.05) is 30.3 Å². The SMILES string of the molecule is COC(=O)c1ccc(NCCCc2ccccc2)c(C)c1. The highest BCUT2D eigenvalue weighted by atomic mass is 16.5. The van der Waals surface area contributed by atoms with E-state index in [2.05, 4.69) is 29.6 Å². The van der Waals surface area contributed by atoms with Gasteiger partial charge in [0.2, 0.25) is 0 Å². The van der Waals surface area contributed by atoms with E-state index >= 15 is 0 Å². The van der Waals surface area contributed by atoms with Crippen LogP contribution in [0.1, 0.15) is 27.9 Å². The fourth-order valence-electron chi connectivity index (χ4n) is 2.27. The molecule has 0 unspecified atom stereocenters. The van der Waals surface area contributed by atoms with Gasteiger partial charge in [0.05, 0.1) is 12.7 Å². The molecule has 0 amide bonds. The number of aryl methyl sites for hydroxylation is 2. The van der Waals surface area contributed by atoms with Crippen LogP contribution in [0.15, 0.2) is 48.5 Å². The average molecular weight is 283 g/mol. The molecule has 0 heterocycles. The Morgan fingerprint density at radius 1 is 1.14 bits per heavy atom. The first-order valence-corrected chi connectivity index (χ1v) is 7.17. The van der Waals surface area contributed by atoms with Gasteiger partial charge in [0, 0.05) is 12.2 Å². The maximum Gasteiger partial charge on any atom is 0.337 e. The molecule has 0 aromatic heterocycles. The molecule has 110 valence electrons. The standard InChI is InChI=1S/C18H21NO2/c1-14-13-16(18(20)21-2)10-11-17(14)19-12-6-9-15-7-4-3-5-8-15/h3-5,7-8,10-11,13,19H,6,9,12H2,1-2H3. The lowest BCUT2D eigenvalue weighted by atomic mass is 10.1. The lowest BCUT2D eigenvalue weighted by Gasteiger charge is -2.10. The van der Waals surface area contributed by atoms with Crippen molar-refractivity contribution < 1.29 is 9.53 Å². The minimum absolute atomic E-state index is 0.297. The van der Waals surface area contributed by atoms with E-state index < -0.39 is 0 Å². The van der Waals surface area contributed by atoms with Gasteiger partial charge in [-0.25, -0.2) is 4.79 Å². The fourth-order valence-corrected chi connectivity index (χ4v) is 2.27. The highest BCUT2D eigenvalue weighted by Gasteiger charge is 2.07. The number of anilines is 1. The average Bonchev–Trinajstić information content (AvgIpc) is 2.53. The van der Waals surface area contributed by atoms with Gasteiger partial charge in [0.1, 0.15) is 0 Å². The van der Waals surface area contributed by atoms with Crippen molar-refractivity contribution in [3.63, 3.8) is 0 Å². The van der Waals surface area contributed by atoms with Gasteiger partial charge in [-0.2, -0.15) is 0 Å². The number of benzene rings is 2. The Morgan fingerprint density at radius 2 is 1.90 bits per heavy atom. The molecule has 2 aromatic rings. The summed E-state index contributed by atoms with van der Waals surface area (Å²) in [5.74, 6) is -0.297. The Labute approximate surface area is 126 Å². The van der Waals surface area contributed by atoms with E-state index in [1.165, 1.54) is 12.7 Å². The number of nitrogens with one attached hydrogen (secondary N) is 1. The van der Waals surface area contributed by atoms with E-state index in [0.29, 0.717) is 5.56 Å². The van der Waals surface area contributed by atoms with Crippen molar-refractivity contribution in [1.29, 1.82) is 0 Å². The fraction of sp³-hybridized carbons (Fsp3) is 0.278. The van der Waals surface area contributed by atoms with Crippen LogP contribution in [0.3, 0.4) is 0 Å². The summed E-state index contributed by atoms with van der Waals surface area (Å²) in [7, 11) is 1.40. The summed E-state index contributed by atoms with van der Waals surface area (Å²) in [5.41, 5.74) is 4.07. The third kappa shape index (κ3) is 4.35. The molecule has 0 atom stereocenters. The molecule has 0 bridgehead atoms. The van der Waals surface area contributed by atoms with Crippen LogP contribution in [-0.4, -0.2) is 19.6 Å². The molecule has 0 saturated heterocycles. The summed E-state index contributed by atoms with van der Waals surface area (Å²) in [6.07, 6.45) is 2.13. The predicted octanol–water partition coefficient (Wildman–Crippen LogP) is 3.83. The van der Waals surface area contributed by atoms with Crippen LogP contribution in [0, 0.1) is 6.92 Å². The molecule has 0 radical (unpaired) electrons. The first-order chi connectivity index (χ1) is 10.2. The molecule has 2 aromatic carbocycles. The van der Waals surface area contributed by atoms with Crippen molar-refractivity contribution in [2.45, 2.75) is 19.8 Å². The molecule has 0 aliphatic rings. The Kier molecular flexibility index (Phi) is 5.38. The zero-order valence-electron chi connectivity index (χ0n) is 12.6. The molecule has 0 fully saturated rings. The normalized spacial score (nSPS) is 10.2. The number of carbonyl (C=O) groups is 1. The summed E-state index contributed by atoms with van der Waals surface area (Å²) in [4.78, 5) is 11.5. The van der Waals surface area contributed by atoms with Crippen LogP contribution < -0.4 is 5.32 Å². The second-order valence-corrected chi connectivity index (χ2v) is 5.04. The van der Waals surface area contributed by atoms with Gasteiger partial charge in [0.25, 0.3) is 0 Å². The second kappa shape index (κ2) is 7.48. The number of esters is 1. The lowest BCUT2D eigenvalue weighted by Crippen LogP contribution is -2.06. The van der Waals surface area contributed by atoms with E-state index in [-0.39, 0.29) is 5.97 Å². The van der Waals surface area contributed by atoms with Gasteiger partial charge in [0.15, 0.2) is 0 Å². The van der Waals surface area contributed by atoms with Gasteiger partial charge >= 0.3 is 5.97 Å². The van der Waals surface area contributed by atoms with Gasteiger partial charge in [-0.05, 0) is 49.1 Å². The maximum absolute atomic E-state index is 11.5. The van der Waals surface area contributed by atoms with Crippen LogP contribution in [0.4, 0.5) is 5.69 Å². The van der Waals surface area contributed by atoms with Gasteiger partial charge < -0.3 is 10.1 Å². The van der Waals surface area contributed by atoms with E-state index in [4.69, 9.17) is 4.74 Å². The van der Waals surface area contributed by atoms with E-state index in [1.807, 2.05) is 25.1 Å². The largest absolute Gasteiger partial charge is 0.465 e. The molecule has 0 spiro atoms. The van der Waals surface area contributed by atoms with E-state index in [9.17, 15) is 4.79 Å². The summed E-state index contributed by atoms with van der Waals surface area (Å²) in [5, 5.41) is 3.42. The van der Waals surface area contributed by atoms with Crippen LogP contribution in [0.5, 0.6) is 0 Å². The molecule has 0 saturated carbocycles. The topological polar surface area (TPSA) is 38.3 Å². The summed E-state index contributed by atoms with van der Waals surface area (Å²) in [6.45, 7) is 2.90. The van der Waals surface area contributed by atoms with E-state index in [0.717, 1.165) is 30.6 Å². The lowest BCUT2D eigenvalue weighted by molar-refractivity contribution is 0.0600. The Hall–Kier alpha value is -2.29. The Balaban J connectivity index is 1.85. The third-order valence-corrected chi connectivity index (χ3v) is 3.45. The molecule has 1 N–H and O–H groups in total. The van der Waals surface area contributed by atoms with Crippen molar-refractivity contribution in [2.75, 3.05) is 19.0 Å². The molecule has 3 heteroatoms. The van der Waals surface area contributed by atoms with Crippen molar-refractivity contribution in [2.24, 2.45) is 0 Å². The molecule has 0 aliphatic carbocycles. The van der Waals surface area contributed by atoms with Crippen molar-refractivity contribution in [1.82, 2.24) is 0 Å². The van der Waals surface area contributed by atoms with E-state index in [1.54, 1.807) is 6.07 Å². The minimum atomic E-state index is -0.297. The number of rotatable bonds is 6. The van der Waals surface area contributed by atoms with Gasteiger partial charge in [-0.15, -0.1) is 0 Å². The smallest absolute Gasteiger partial charge is 0.337 e. The first kappa shape index (κ1) is 15.1. The van der Waals surface area contributed by atoms with Crippen molar-refractivity contribution in [3.05, 3.63) is 65.2 Å². The van der Waals surface area contributed by atoms with Crippen LogP contribution in [0.2, 0.25) is 0 Å². The molecule has 0 aliphatic heterocycles. The molecule has 21 heavy (non-hydrogen) atoms. The van der Waals surface area contributed by atoms with Crippen molar-refractivity contribution >= 4 is 11.7 Å². The van der Waals surface area contributed by atoms with Crippen LogP contribution in [0.25, 0.3) is 0 Å². The zero-order chi connectivity index (χ0) is 15.1. The number of hydrogen-bond acceptors (Lipinski definition) is 3. The van der Waals surface area contributed by atoms with Crippen molar-refractivity contribution in [3.8, 4) is 0 Å². The highest BCUT2D eigenvalue weighted by Crippen LogP contribution is 2.17. The third-order valence-electron chi connectivity index (χ3n) is 3.45. The quantitative estimate of drug-likeness (QED) is 0.647. The first-order valence-electron chi connectivity index (χ1n) is 7.17. The zero-order valence-corrected chi connectivity index (χ0v) is 12.6. The Bertz CT molecular complexity index is 593. The summed E-state index contributed by atoms with van der Waals surface area (Å²) >= 11 is 0. The number of hydrogen-bond donors (Lipinski definition) is 1. The molecule has 3 nitrogen and oxygen atoms in total. The van der Waals surface area contributed by atoms with Crippen LogP contribution >= 0.6 is 0 Å². The number of ether oxygens (including phenoxy) is 1. The number of methoxy groups -OCH3 is 1. The van der Waals surface area contributed by atoms with Gasteiger partial charge in [-0.3, -0.25) is 0 Å². The highest BCUT2D eigenvalue weighted by molar-refractivity contribution is 5.90.